The van der Waals surface area contributed by atoms with Crippen LogP contribution >= 0.6 is 0 Å². The van der Waals surface area contributed by atoms with Crippen molar-refractivity contribution in [3.63, 3.8) is 0 Å². The average molecular weight is 376 g/mol. The predicted octanol–water partition coefficient (Wildman–Crippen LogP) is 3.80. The van der Waals surface area contributed by atoms with E-state index in [2.05, 4.69) is 21.4 Å². The van der Waals surface area contributed by atoms with Crippen molar-refractivity contribution in [2.75, 3.05) is 13.1 Å². The summed E-state index contributed by atoms with van der Waals surface area (Å²) in [5, 5.41) is 3.05. The number of hydrogen-bond donors (Lipinski definition) is 1. The normalized spacial score (nSPS) is 19.0. The second-order valence-electron chi connectivity index (χ2n) is 7.77. The molecule has 2 amide bonds. The second-order valence-corrected chi connectivity index (χ2v) is 7.77. The number of pyridine rings is 1. The predicted molar refractivity (Wildman–Crippen MR) is 106 cm³/mol. The molecule has 144 valence electrons. The molecule has 1 unspecified atom stereocenters. The van der Waals surface area contributed by atoms with Crippen molar-refractivity contribution in [3.05, 3.63) is 59.2 Å². The summed E-state index contributed by atoms with van der Waals surface area (Å²) in [6.45, 7) is 1.93. The number of urea groups is 1. The molecule has 1 atom stereocenters. The molecule has 2 aromatic heterocycles. The highest BCUT2D eigenvalue weighted by molar-refractivity contribution is 5.74. The van der Waals surface area contributed by atoms with E-state index in [0.29, 0.717) is 13.1 Å². The summed E-state index contributed by atoms with van der Waals surface area (Å²) in [6, 6.07) is 9.97. The van der Waals surface area contributed by atoms with Gasteiger partial charge in [0.05, 0.1) is 5.92 Å². The summed E-state index contributed by atoms with van der Waals surface area (Å²) in [5.74, 6) is 0.884. The maximum absolute atomic E-state index is 12.7. The minimum atomic E-state index is -0.0266. The van der Waals surface area contributed by atoms with E-state index in [1.54, 1.807) is 0 Å². The standard InChI is InChI=1S/C22H24N4O2/c27-22(24-13-15-11-16-5-3-8-18(16)23-12-15)26-10-4-6-17(14-26)21-25-19-7-1-2-9-20(19)28-21/h1-2,7,9,11-12,17H,3-6,8,10,13-14H2,(H,24,27). The van der Waals surface area contributed by atoms with Gasteiger partial charge in [-0.15, -0.1) is 0 Å². The Hall–Kier alpha value is -2.89. The van der Waals surface area contributed by atoms with Crippen LogP contribution in [0.5, 0.6) is 0 Å². The van der Waals surface area contributed by atoms with Crippen molar-refractivity contribution >= 4 is 17.1 Å². The van der Waals surface area contributed by atoms with Crippen LogP contribution in [0.2, 0.25) is 0 Å². The van der Waals surface area contributed by atoms with E-state index in [1.807, 2.05) is 35.4 Å². The van der Waals surface area contributed by atoms with Crippen LogP contribution in [0.15, 0.2) is 40.9 Å². The summed E-state index contributed by atoms with van der Waals surface area (Å²) in [4.78, 5) is 23.7. The molecule has 1 N–H and O–H groups in total. The van der Waals surface area contributed by atoms with E-state index >= 15 is 0 Å². The molecule has 0 radical (unpaired) electrons. The lowest BCUT2D eigenvalue weighted by Gasteiger charge is -2.31. The zero-order valence-corrected chi connectivity index (χ0v) is 15.9. The maximum Gasteiger partial charge on any atom is 0.317 e. The highest BCUT2D eigenvalue weighted by Crippen LogP contribution is 2.29. The van der Waals surface area contributed by atoms with E-state index in [4.69, 9.17) is 4.42 Å². The summed E-state index contributed by atoms with van der Waals surface area (Å²) >= 11 is 0. The van der Waals surface area contributed by atoms with Crippen molar-refractivity contribution in [2.45, 2.75) is 44.6 Å². The van der Waals surface area contributed by atoms with Gasteiger partial charge in [0.15, 0.2) is 11.5 Å². The number of hydrogen-bond acceptors (Lipinski definition) is 4. The number of para-hydroxylation sites is 2. The Bertz CT molecular complexity index is 980. The molecule has 1 fully saturated rings. The fourth-order valence-corrected chi connectivity index (χ4v) is 4.29. The molecule has 28 heavy (non-hydrogen) atoms. The average Bonchev–Trinajstić information content (AvgIpc) is 3.38. The van der Waals surface area contributed by atoms with Gasteiger partial charge in [-0.25, -0.2) is 9.78 Å². The lowest BCUT2D eigenvalue weighted by Crippen LogP contribution is -2.44. The number of aryl methyl sites for hydroxylation is 2. The Morgan fingerprint density at radius 2 is 2.18 bits per heavy atom. The van der Waals surface area contributed by atoms with Crippen molar-refractivity contribution in [3.8, 4) is 0 Å². The molecule has 1 aliphatic carbocycles. The number of likely N-dealkylation sites (tertiary alicyclic amines) is 1. The van der Waals surface area contributed by atoms with Crippen LogP contribution in [0.4, 0.5) is 4.79 Å². The number of oxazole rings is 1. The summed E-state index contributed by atoms with van der Waals surface area (Å²) in [6.07, 6.45) is 7.20. The van der Waals surface area contributed by atoms with Gasteiger partial charge in [0.25, 0.3) is 0 Å². The number of amides is 2. The maximum atomic E-state index is 12.7. The number of benzene rings is 1. The van der Waals surface area contributed by atoms with Gasteiger partial charge in [-0.05, 0) is 55.4 Å². The van der Waals surface area contributed by atoms with Crippen molar-refractivity contribution in [2.24, 2.45) is 0 Å². The van der Waals surface area contributed by atoms with Crippen molar-refractivity contribution in [1.29, 1.82) is 0 Å². The van der Waals surface area contributed by atoms with Gasteiger partial charge >= 0.3 is 6.03 Å². The molecule has 6 heteroatoms. The molecule has 3 heterocycles. The molecule has 5 rings (SSSR count). The number of nitrogens with one attached hydrogen (secondary N) is 1. The van der Waals surface area contributed by atoms with Gasteiger partial charge in [0, 0.05) is 31.5 Å². The van der Waals surface area contributed by atoms with Crippen LogP contribution in [0, 0.1) is 0 Å². The SMILES string of the molecule is O=C(NCc1cnc2c(c1)CCC2)N1CCCC(c2nc3ccccc3o2)C1. The first kappa shape index (κ1) is 17.2. The molecule has 6 nitrogen and oxygen atoms in total. The number of carbonyl (C=O) groups is 1. The molecular weight excluding hydrogens is 352 g/mol. The molecular formula is C22H24N4O2. The van der Waals surface area contributed by atoms with Crippen LogP contribution in [0.25, 0.3) is 11.1 Å². The number of aromatic nitrogens is 2. The Labute approximate surface area is 164 Å². The Morgan fingerprint density at radius 1 is 1.25 bits per heavy atom. The Kier molecular flexibility index (Phi) is 4.47. The van der Waals surface area contributed by atoms with Gasteiger partial charge in [0.2, 0.25) is 0 Å². The van der Waals surface area contributed by atoms with Crippen LogP contribution in [0.3, 0.4) is 0 Å². The van der Waals surface area contributed by atoms with Crippen LogP contribution in [-0.2, 0) is 19.4 Å². The summed E-state index contributed by atoms with van der Waals surface area (Å²) in [5.41, 5.74) is 5.31. The molecule has 1 aromatic carbocycles. The second kappa shape index (κ2) is 7.26. The topological polar surface area (TPSA) is 71.3 Å². The molecule has 0 saturated carbocycles. The van der Waals surface area contributed by atoms with E-state index in [9.17, 15) is 4.79 Å². The minimum absolute atomic E-state index is 0.0266. The molecule has 3 aromatic rings. The first-order chi connectivity index (χ1) is 13.8. The summed E-state index contributed by atoms with van der Waals surface area (Å²) in [7, 11) is 0. The van der Waals surface area contributed by atoms with Gasteiger partial charge in [0.1, 0.15) is 5.52 Å². The smallest absolute Gasteiger partial charge is 0.317 e. The van der Waals surface area contributed by atoms with Gasteiger partial charge in [-0.1, -0.05) is 18.2 Å². The van der Waals surface area contributed by atoms with E-state index < -0.39 is 0 Å². The largest absolute Gasteiger partial charge is 0.440 e. The first-order valence-corrected chi connectivity index (χ1v) is 10.1. The number of carbonyl (C=O) groups excluding carboxylic acids is 1. The fourth-order valence-electron chi connectivity index (χ4n) is 4.29. The fraction of sp³-hybridized carbons (Fsp3) is 0.409. The summed E-state index contributed by atoms with van der Waals surface area (Å²) < 4.78 is 5.93. The zero-order valence-electron chi connectivity index (χ0n) is 15.9. The van der Waals surface area contributed by atoms with Crippen molar-refractivity contribution < 1.29 is 9.21 Å². The van der Waals surface area contributed by atoms with Crippen LogP contribution < -0.4 is 5.32 Å². The molecule has 1 aliphatic heterocycles. The van der Waals surface area contributed by atoms with Gasteiger partial charge in [-0.2, -0.15) is 0 Å². The third-order valence-electron chi connectivity index (χ3n) is 5.79. The molecule has 0 spiro atoms. The lowest BCUT2D eigenvalue weighted by atomic mass is 9.98. The molecule has 2 aliphatic rings. The Morgan fingerprint density at radius 3 is 3.11 bits per heavy atom. The number of fused-ring (bicyclic) bond motifs is 2. The number of piperidine rings is 1. The van der Waals surface area contributed by atoms with E-state index in [1.165, 1.54) is 17.7 Å². The van der Waals surface area contributed by atoms with Gasteiger partial charge in [-0.3, -0.25) is 4.98 Å². The Balaban J connectivity index is 1.22. The third kappa shape index (κ3) is 3.35. The number of rotatable bonds is 3. The van der Waals surface area contributed by atoms with Crippen LogP contribution in [-0.4, -0.2) is 34.0 Å². The minimum Gasteiger partial charge on any atom is -0.440 e. The van der Waals surface area contributed by atoms with E-state index in [-0.39, 0.29) is 11.9 Å². The van der Waals surface area contributed by atoms with Crippen molar-refractivity contribution in [1.82, 2.24) is 20.2 Å². The zero-order chi connectivity index (χ0) is 18.9. The molecule has 0 bridgehead atoms. The van der Waals surface area contributed by atoms with E-state index in [0.717, 1.165) is 54.8 Å². The quantitative estimate of drug-likeness (QED) is 0.755. The lowest BCUT2D eigenvalue weighted by molar-refractivity contribution is 0.174. The number of nitrogens with zero attached hydrogens (tertiary/aromatic N) is 3. The highest BCUT2D eigenvalue weighted by Gasteiger charge is 2.28. The first-order valence-electron chi connectivity index (χ1n) is 10.1. The highest BCUT2D eigenvalue weighted by atomic mass is 16.3. The molecule has 1 saturated heterocycles. The van der Waals surface area contributed by atoms with Crippen LogP contribution in [0.1, 0.15) is 47.9 Å². The van der Waals surface area contributed by atoms with Gasteiger partial charge < -0.3 is 14.6 Å². The monoisotopic (exact) mass is 376 g/mol. The third-order valence-corrected chi connectivity index (χ3v) is 5.79.